The van der Waals surface area contributed by atoms with Crippen molar-refractivity contribution in [3.05, 3.63) is 47.2 Å². The third kappa shape index (κ3) is 2.13. The van der Waals surface area contributed by atoms with Gasteiger partial charge in [-0.05, 0) is 12.0 Å². The van der Waals surface area contributed by atoms with E-state index in [9.17, 15) is 14.7 Å². The number of nitrogens with one attached hydrogen (secondary N) is 2. The topological polar surface area (TPSA) is 95.1 Å². The van der Waals surface area contributed by atoms with E-state index in [-0.39, 0.29) is 17.3 Å². The van der Waals surface area contributed by atoms with Gasteiger partial charge in [-0.1, -0.05) is 26.8 Å². The maximum Gasteiger partial charge on any atom is 0.334 e. The van der Waals surface area contributed by atoms with Gasteiger partial charge in [0.2, 0.25) is 0 Å². The van der Waals surface area contributed by atoms with Crippen LogP contribution in [0.25, 0.3) is 5.70 Å². The average Bonchev–Trinajstić information content (AvgIpc) is 3.00. The summed E-state index contributed by atoms with van der Waals surface area (Å²) in [6.07, 6.45) is 7.15. The monoisotopic (exact) mass is 313 g/mol. The predicted molar refractivity (Wildman–Crippen MR) is 85.0 cm³/mol. The zero-order chi connectivity index (χ0) is 16.8. The van der Waals surface area contributed by atoms with Gasteiger partial charge in [-0.2, -0.15) is 0 Å². The molecule has 120 valence electrons. The van der Waals surface area contributed by atoms with Crippen molar-refractivity contribution in [3.8, 4) is 0 Å². The Hall–Kier alpha value is -2.63. The van der Waals surface area contributed by atoms with Crippen LogP contribution in [0, 0.1) is 11.3 Å². The van der Waals surface area contributed by atoms with Crippen LogP contribution in [0.4, 0.5) is 0 Å². The molecule has 2 aliphatic rings. The maximum absolute atomic E-state index is 12.5. The Morgan fingerprint density at radius 1 is 1.43 bits per heavy atom. The van der Waals surface area contributed by atoms with Crippen LogP contribution in [0.3, 0.4) is 0 Å². The first-order chi connectivity index (χ1) is 10.9. The molecule has 0 saturated carbocycles. The SMILES string of the molecule is CC(C)C1(C)C2=C(C=CCC2=O)NC(c2ncc[nH]2)=C1C(=O)O. The fraction of sp³-hybridized carbons (Fsp3) is 0.353. The number of dihydropyridines is 1. The molecule has 3 rings (SSSR count). The molecule has 1 aliphatic carbocycles. The Kier molecular flexibility index (Phi) is 3.47. The van der Waals surface area contributed by atoms with Crippen molar-refractivity contribution in [3.63, 3.8) is 0 Å². The number of Topliss-reactive ketones (excluding diaryl/α,β-unsaturated/α-hetero) is 1. The number of carbonyl (C=O) groups excluding carboxylic acids is 1. The van der Waals surface area contributed by atoms with Gasteiger partial charge in [-0.15, -0.1) is 0 Å². The van der Waals surface area contributed by atoms with Crippen molar-refractivity contribution >= 4 is 17.4 Å². The first-order valence-electron chi connectivity index (χ1n) is 7.56. The molecule has 23 heavy (non-hydrogen) atoms. The van der Waals surface area contributed by atoms with Crippen LogP contribution < -0.4 is 5.32 Å². The lowest BCUT2D eigenvalue weighted by Gasteiger charge is -2.42. The third-order valence-corrected chi connectivity index (χ3v) is 4.79. The summed E-state index contributed by atoms with van der Waals surface area (Å²) in [6, 6.07) is 0. The minimum Gasteiger partial charge on any atom is -0.478 e. The highest BCUT2D eigenvalue weighted by Crippen LogP contribution is 2.49. The summed E-state index contributed by atoms with van der Waals surface area (Å²) in [4.78, 5) is 31.7. The summed E-state index contributed by atoms with van der Waals surface area (Å²) in [7, 11) is 0. The number of hydrogen-bond donors (Lipinski definition) is 3. The fourth-order valence-corrected chi connectivity index (χ4v) is 3.36. The van der Waals surface area contributed by atoms with E-state index < -0.39 is 11.4 Å². The third-order valence-electron chi connectivity index (χ3n) is 4.79. The van der Waals surface area contributed by atoms with Gasteiger partial charge in [0.1, 0.15) is 0 Å². The number of aromatic nitrogens is 2. The summed E-state index contributed by atoms with van der Waals surface area (Å²) in [5.74, 6) is -0.703. The molecule has 1 atom stereocenters. The summed E-state index contributed by atoms with van der Waals surface area (Å²) in [5.41, 5.74) is 0.898. The highest BCUT2D eigenvalue weighted by molar-refractivity contribution is 6.07. The van der Waals surface area contributed by atoms with Gasteiger partial charge in [-0.25, -0.2) is 9.78 Å². The first-order valence-corrected chi connectivity index (χ1v) is 7.56. The minimum absolute atomic E-state index is 0.0385. The normalized spacial score (nSPS) is 24.1. The van der Waals surface area contributed by atoms with Gasteiger partial charge < -0.3 is 15.4 Å². The Morgan fingerprint density at radius 3 is 2.74 bits per heavy atom. The van der Waals surface area contributed by atoms with Crippen molar-refractivity contribution in [2.45, 2.75) is 27.2 Å². The quantitative estimate of drug-likeness (QED) is 0.795. The number of allylic oxidation sites excluding steroid dienone is 3. The van der Waals surface area contributed by atoms with E-state index in [1.165, 1.54) is 0 Å². The van der Waals surface area contributed by atoms with Crippen molar-refractivity contribution in [1.82, 2.24) is 15.3 Å². The largest absolute Gasteiger partial charge is 0.478 e. The molecule has 0 saturated heterocycles. The lowest BCUT2D eigenvalue weighted by atomic mass is 9.62. The second kappa shape index (κ2) is 5.22. The Labute approximate surface area is 134 Å². The number of H-pyrrole nitrogens is 1. The lowest BCUT2D eigenvalue weighted by molar-refractivity contribution is -0.134. The molecule has 1 aromatic heterocycles. The van der Waals surface area contributed by atoms with Crippen LogP contribution in [0.5, 0.6) is 0 Å². The van der Waals surface area contributed by atoms with Gasteiger partial charge in [0.15, 0.2) is 11.6 Å². The first kappa shape index (κ1) is 15.3. The second-order valence-corrected chi connectivity index (χ2v) is 6.29. The van der Waals surface area contributed by atoms with Crippen LogP contribution in [0.1, 0.15) is 33.0 Å². The van der Waals surface area contributed by atoms with Gasteiger partial charge in [0, 0.05) is 35.5 Å². The Balaban J connectivity index is 2.32. The highest BCUT2D eigenvalue weighted by atomic mass is 16.4. The molecule has 0 amide bonds. The summed E-state index contributed by atoms with van der Waals surface area (Å²) >= 11 is 0. The Morgan fingerprint density at radius 2 is 2.17 bits per heavy atom. The molecular weight excluding hydrogens is 294 g/mol. The Bertz CT molecular complexity index is 769. The summed E-state index contributed by atoms with van der Waals surface area (Å²) in [6.45, 7) is 5.70. The maximum atomic E-state index is 12.5. The van der Waals surface area contributed by atoms with Crippen molar-refractivity contribution in [2.75, 3.05) is 0 Å². The number of nitrogens with zero attached hydrogens (tertiary/aromatic N) is 1. The number of aromatic amines is 1. The molecule has 1 unspecified atom stereocenters. The molecule has 0 fully saturated rings. The van der Waals surface area contributed by atoms with Gasteiger partial charge in [-0.3, -0.25) is 4.79 Å². The standard InChI is InChI=1S/C17H19N3O3/c1-9(2)17(3)12-10(5-4-6-11(12)21)20-14(13(17)16(22)23)15-18-7-8-19-15/h4-5,7-9,20H,6H2,1-3H3,(H,18,19)(H,22,23). The van der Waals surface area contributed by atoms with E-state index in [2.05, 4.69) is 15.3 Å². The summed E-state index contributed by atoms with van der Waals surface area (Å²) < 4.78 is 0. The van der Waals surface area contributed by atoms with Gasteiger partial charge in [0.05, 0.1) is 11.3 Å². The number of hydrogen-bond acceptors (Lipinski definition) is 4. The minimum atomic E-state index is -1.05. The van der Waals surface area contributed by atoms with Crippen LogP contribution >= 0.6 is 0 Å². The predicted octanol–water partition coefficient (Wildman–Crippen LogP) is 2.25. The molecule has 1 aliphatic heterocycles. The number of carbonyl (C=O) groups is 2. The average molecular weight is 313 g/mol. The van der Waals surface area contributed by atoms with E-state index in [1.807, 2.05) is 26.8 Å². The lowest BCUT2D eigenvalue weighted by Crippen LogP contribution is -2.43. The fourth-order valence-electron chi connectivity index (χ4n) is 3.36. The molecule has 0 bridgehead atoms. The van der Waals surface area contributed by atoms with E-state index in [0.717, 1.165) is 0 Å². The number of ketones is 1. The molecule has 6 heteroatoms. The van der Waals surface area contributed by atoms with Crippen LogP contribution in [-0.4, -0.2) is 26.8 Å². The van der Waals surface area contributed by atoms with Crippen LogP contribution in [-0.2, 0) is 9.59 Å². The zero-order valence-electron chi connectivity index (χ0n) is 13.3. The molecular formula is C17H19N3O3. The molecule has 6 nitrogen and oxygen atoms in total. The van der Waals surface area contributed by atoms with Gasteiger partial charge in [0.25, 0.3) is 0 Å². The van der Waals surface area contributed by atoms with E-state index >= 15 is 0 Å². The molecule has 0 radical (unpaired) electrons. The number of carboxylic acids is 1. The molecule has 3 N–H and O–H groups in total. The smallest absolute Gasteiger partial charge is 0.334 e. The molecule has 0 aromatic carbocycles. The van der Waals surface area contributed by atoms with Crippen LogP contribution in [0.15, 0.2) is 41.4 Å². The van der Waals surface area contributed by atoms with Crippen molar-refractivity contribution in [2.24, 2.45) is 11.3 Å². The van der Waals surface area contributed by atoms with Gasteiger partial charge >= 0.3 is 5.97 Å². The van der Waals surface area contributed by atoms with Crippen LogP contribution in [0.2, 0.25) is 0 Å². The number of aliphatic carboxylic acids is 1. The molecule has 1 aromatic rings. The highest BCUT2D eigenvalue weighted by Gasteiger charge is 2.49. The van der Waals surface area contributed by atoms with Crippen molar-refractivity contribution in [1.29, 1.82) is 0 Å². The molecule has 2 heterocycles. The van der Waals surface area contributed by atoms with E-state index in [1.54, 1.807) is 18.5 Å². The van der Waals surface area contributed by atoms with E-state index in [0.29, 0.717) is 29.2 Å². The number of imidazole rings is 1. The number of carboxylic acid groups (broad SMARTS) is 1. The van der Waals surface area contributed by atoms with Crippen molar-refractivity contribution < 1.29 is 14.7 Å². The van der Waals surface area contributed by atoms with E-state index in [4.69, 9.17) is 0 Å². The second-order valence-electron chi connectivity index (χ2n) is 6.29. The summed E-state index contributed by atoms with van der Waals surface area (Å²) in [5, 5.41) is 13.0. The number of rotatable bonds is 3. The molecule has 0 spiro atoms. The zero-order valence-corrected chi connectivity index (χ0v) is 13.3.